The van der Waals surface area contributed by atoms with E-state index in [1.54, 1.807) is 22.2 Å². The number of carbonyl (C=O) groups excluding carboxylic acids is 1. The first-order valence-electron chi connectivity index (χ1n) is 8.47. The maximum absolute atomic E-state index is 12.8. The van der Waals surface area contributed by atoms with Crippen molar-refractivity contribution in [1.29, 1.82) is 0 Å². The highest BCUT2D eigenvalue weighted by Crippen LogP contribution is 2.21. The van der Waals surface area contributed by atoms with Gasteiger partial charge in [0, 0.05) is 13.1 Å². The Morgan fingerprint density at radius 1 is 1.28 bits per heavy atom. The summed E-state index contributed by atoms with van der Waals surface area (Å²) >= 11 is 1.60. The fourth-order valence-electron chi connectivity index (χ4n) is 3.43. The number of hydrogen-bond acceptors (Lipinski definition) is 4. The summed E-state index contributed by atoms with van der Waals surface area (Å²) in [5.74, 6) is 0.130. The van der Waals surface area contributed by atoms with E-state index < -0.39 is 0 Å². The average Bonchev–Trinajstić information content (AvgIpc) is 3.15. The van der Waals surface area contributed by atoms with Crippen LogP contribution in [0, 0.1) is 0 Å². The van der Waals surface area contributed by atoms with Crippen molar-refractivity contribution in [2.75, 3.05) is 13.1 Å². The van der Waals surface area contributed by atoms with Crippen molar-refractivity contribution in [2.45, 2.75) is 25.3 Å². The van der Waals surface area contributed by atoms with Crippen LogP contribution in [0.3, 0.4) is 0 Å². The molecule has 1 fully saturated rings. The molecule has 2 aromatic heterocycles. The van der Waals surface area contributed by atoms with E-state index in [9.17, 15) is 9.59 Å². The zero-order chi connectivity index (χ0) is 17.2. The molecule has 6 heteroatoms. The van der Waals surface area contributed by atoms with Gasteiger partial charge in [0.15, 0.2) is 0 Å². The number of nitrogens with zero attached hydrogens (tertiary/aromatic N) is 3. The lowest BCUT2D eigenvalue weighted by atomic mass is 10.0. The van der Waals surface area contributed by atoms with Crippen LogP contribution in [0.4, 0.5) is 0 Å². The molecule has 0 unspecified atom stereocenters. The molecule has 0 aliphatic carbocycles. The third-order valence-electron chi connectivity index (χ3n) is 4.77. The second-order valence-electron chi connectivity index (χ2n) is 6.42. The predicted octanol–water partition coefficient (Wildman–Crippen LogP) is 2.86. The summed E-state index contributed by atoms with van der Waals surface area (Å²) in [5, 5.41) is 4.63. The number of thiophene rings is 1. The molecule has 1 amide bonds. The molecule has 1 aliphatic rings. The molecule has 1 aromatic carbocycles. The molecule has 0 N–H and O–H groups in total. The minimum atomic E-state index is -0.0252. The molecule has 1 atom stereocenters. The van der Waals surface area contributed by atoms with Gasteiger partial charge in [0.2, 0.25) is 5.91 Å². The van der Waals surface area contributed by atoms with Gasteiger partial charge in [-0.25, -0.2) is 4.98 Å². The van der Waals surface area contributed by atoms with Crippen LogP contribution in [0.2, 0.25) is 0 Å². The molecule has 3 heterocycles. The first-order valence-corrected chi connectivity index (χ1v) is 9.41. The van der Waals surface area contributed by atoms with E-state index in [1.165, 1.54) is 0 Å². The Kier molecular flexibility index (Phi) is 4.36. The quantitative estimate of drug-likeness (QED) is 0.727. The highest BCUT2D eigenvalue weighted by Gasteiger charge is 2.25. The summed E-state index contributed by atoms with van der Waals surface area (Å²) in [5.41, 5.74) is 1.74. The first-order chi connectivity index (χ1) is 12.2. The van der Waals surface area contributed by atoms with Gasteiger partial charge in [0.25, 0.3) is 5.56 Å². The lowest BCUT2D eigenvalue weighted by Gasteiger charge is -2.33. The van der Waals surface area contributed by atoms with E-state index in [2.05, 4.69) is 4.98 Å². The standard InChI is InChI=1S/C19H19N3O2S/c23-18(10-14-7-9-25-12-14)21-8-3-4-15(11-21)22-13-20-17-6-2-1-5-16(17)19(22)24/h1-2,5-7,9,12-13,15H,3-4,8,10-11H2/t15-/m0/s1. The van der Waals surface area contributed by atoms with Gasteiger partial charge in [-0.15, -0.1) is 0 Å². The number of carbonyl (C=O) groups is 1. The van der Waals surface area contributed by atoms with Crippen LogP contribution in [0.15, 0.2) is 52.2 Å². The van der Waals surface area contributed by atoms with E-state index in [-0.39, 0.29) is 17.5 Å². The van der Waals surface area contributed by atoms with Gasteiger partial charge < -0.3 is 4.90 Å². The maximum Gasteiger partial charge on any atom is 0.261 e. The van der Waals surface area contributed by atoms with Crippen molar-refractivity contribution in [2.24, 2.45) is 0 Å². The van der Waals surface area contributed by atoms with E-state index in [1.807, 2.05) is 46.0 Å². The normalized spacial score (nSPS) is 17.8. The lowest BCUT2D eigenvalue weighted by molar-refractivity contribution is -0.132. The highest BCUT2D eigenvalue weighted by molar-refractivity contribution is 7.08. The molecule has 25 heavy (non-hydrogen) atoms. The van der Waals surface area contributed by atoms with Crippen molar-refractivity contribution < 1.29 is 4.79 Å². The summed E-state index contributed by atoms with van der Waals surface area (Å²) in [7, 11) is 0. The van der Waals surface area contributed by atoms with Crippen molar-refractivity contribution >= 4 is 28.1 Å². The molecule has 1 saturated heterocycles. The van der Waals surface area contributed by atoms with Crippen LogP contribution in [0.5, 0.6) is 0 Å². The van der Waals surface area contributed by atoms with Gasteiger partial charge in [-0.1, -0.05) is 12.1 Å². The lowest BCUT2D eigenvalue weighted by Crippen LogP contribution is -2.43. The van der Waals surface area contributed by atoms with Gasteiger partial charge in [-0.05, 0) is 47.4 Å². The Hall–Kier alpha value is -2.47. The summed E-state index contributed by atoms with van der Waals surface area (Å²) in [6.07, 6.45) is 3.85. The number of benzene rings is 1. The van der Waals surface area contributed by atoms with Gasteiger partial charge in [-0.2, -0.15) is 11.3 Å². The van der Waals surface area contributed by atoms with Crippen LogP contribution in [0.25, 0.3) is 10.9 Å². The number of rotatable bonds is 3. The van der Waals surface area contributed by atoms with Crippen LogP contribution >= 0.6 is 11.3 Å². The van der Waals surface area contributed by atoms with E-state index >= 15 is 0 Å². The third kappa shape index (κ3) is 3.22. The predicted molar refractivity (Wildman–Crippen MR) is 98.9 cm³/mol. The maximum atomic E-state index is 12.8. The molecule has 0 bridgehead atoms. The summed E-state index contributed by atoms with van der Waals surface area (Å²) in [4.78, 5) is 31.6. The van der Waals surface area contributed by atoms with Crippen LogP contribution in [-0.4, -0.2) is 33.4 Å². The fraction of sp³-hybridized carbons (Fsp3) is 0.316. The molecule has 0 spiro atoms. The molecule has 3 aromatic rings. The Morgan fingerprint density at radius 3 is 3.00 bits per heavy atom. The van der Waals surface area contributed by atoms with Crippen molar-refractivity contribution in [3.63, 3.8) is 0 Å². The van der Waals surface area contributed by atoms with E-state index in [0.717, 1.165) is 24.9 Å². The van der Waals surface area contributed by atoms with Crippen molar-refractivity contribution in [1.82, 2.24) is 14.5 Å². The zero-order valence-corrected chi connectivity index (χ0v) is 14.6. The minimum absolute atomic E-state index is 0.00946. The van der Waals surface area contributed by atoms with E-state index in [0.29, 0.717) is 23.9 Å². The number of fused-ring (bicyclic) bond motifs is 1. The smallest absolute Gasteiger partial charge is 0.261 e. The molecule has 0 radical (unpaired) electrons. The van der Waals surface area contributed by atoms with Gasteiger partial charge >= 0.3 is 0 Å². The average molecular weight is 353 g/mol. The Labute approximate surface area is 149 Å². The molecule has 1 aliphatic heterocycles. The Morgan fingerprint density at radius 2 is 2.16 bits per heavy atom. The topological polar surface area (TPSA) is 55.2 Å². The van der Waals surface area contributed by atoms with E-state index in [4.69, 9.17) is 0 Å². The summed E-state index contributed by atoms with van der Waals surface area (Å²) < 4.78 is 1.70. The molecular weight excluding hydrogens is 334 g/mol. The number of piperidine rings is 1. The molecule has 4 rings (SSSR count). The molecule has 0 saturated carbocycles. The highest BCUT2D eigenvalue weighted by atomic mass is 32.1. The Balaban J connectivity index is 1.56. The molecular formula is C19H19N3O2S. The number of amides is 1. The second kappa shape index (κ2) is 6.80. The van der Waals surface area contributed by atoms with Crippen LogP contribution in [0.1, 0.15) is 24.4 Å². The second-order valence-corrected chi connectivity index (χ2v) is 7.20. The van der Waals surface area contributed by atoms with Gasteiger partial charge in [0.05, 0.1) is 29.7 Å². The fourth-order valence-corrected chi connectivity index (χ4v) is 4.10. The number of aromatic nitrogens is 2. The first kappa shape index (κ1) is 16.0. The SMILES string of the molecule is O=C(Cc1ccsc1)N1CCC[C@H](n2cnc3ccccc3c2=O)C1. The van der Waals surface area contributed by atoms with Gasteiger partial charge in [-0.3, -0.25) is 14.2 Å². The number of likely N-dealkylation sites (tertiary alicyclic amines) is 1. The Bertz CT molecular complexity index is 949. The minimum Gasteiger partial charge on any atom is -0.340 e. The monoisotopic (exact) mass is 353 g/mol. The van der Waals surface area contributed by atoms with Crippen LogP contribution in [-0.2, 0) is 11.2 Å². The van der Waals surface area contributed by atoms with Crippen molar-refractivity contribution in [3.05, 3.63) is 63.3 Å². The van der Waals surface area contributed by atoms with Crippen molar-refractivity contribution in [3.8, 4) is 0 Å². The zero-order valence-electron chi connectivity index (χ0n) is 13.8. The van der Waals surface area contributed by atoms with Gasteiger partial charge in [0.1, 0.15) is 0 Å². The summed E-state index contributed by atoms with van der Waals surface area (Å²) in [6, 6.07) is 9.37. The molecule has 128 valence electrons. The number of hydrogen-bond donors (Lipinski definition) is 0. The third-order valence-corrected chi connectivity index (χ3v) is 5.50. The van der Waals surface area contributed by atoms with Crippen LogP contribution < -0.4 is 5.56 Å². The molecule has 5 nitrogen and oxygen atoms in total. The largest absolute Gasteiger partial charge is 0.340 e. The summed E-state index contributed by atoms with van der Waals surface area (Å²) in [6.45, 7) is 1.33. The number of para-hydroxylation sites is 1.